The van der Waals surface area contributed by atoms with E-state index in [0.29, 0.717) is 17.9 Å². The molecular weight excluding hydrogens is 331 g/mol. The third-order valence-electron chi connectivity index (χ3n) is 4.12. The van der Waals surface area contributed by atoms with Gasteiger partial charge in [-0.3, -0.25) is 4.79 Å². The topological polar surface area (TPSA) is 45.5 Å². The summed E-state index contributed by atoms with van der Waals surface area (Å²) >= 11 is 0. The van der Waals surface area contributed by atoms with Gasteiger partial charge in [-0.05, 0) is 42.8 Å². The average Bonchev–Trinajstić information content (AvgIpc) is 3.16. The zero-order chi connectivity index (χ0) is 18.4. The first-order chi connectivity index (χ1) is 12.6. The largest absolute Gasteiger partial charge is 0.451 e. The van der Waals surface area contributed by atoms with Gasteiger partial charge in [0.2, 0.25) is 0 Å². The van der Waals surface area contributed by atoms with E-state index < -0.39 is 0 Å². The van der Waals surface area contributed by atoms with E-state index in [2.05, 4.69) is 10.2 Å². The Kier molecular flexibility index (Phi) is 5.69. The zero-order valence-electron chi connectivity index (χ0n) is 14.6. The van der Waals surface area contributed by atoms with Gasteiger partial charge in [0.1, 0.15) is 11.6 Å². The minimum atomic E-state index is -0.377. The molecule has 3 rings (SSSR count). The summed E-state index contributed by atoms with van der Waals surface area (Å²) in [6.07, 6.45) is 0.804. The van der Waals surface area contributed by atoms with Gasteiger partial charge < -0.3 is 14.6 Å². The van der Waals surface area contributed by atoms with E-state index in [0.717, 1.165) is 18.7 Å². The fourth-order valence-corrected chi connectivity index (χ4v) is 2.68. The highest BCUT2D eigenvalue weighted by Crippen LogP contribution is 2.24. The summed E-state index contributed by atoms with van der Waals surface area (Å²) in [5, 5.41) is 2.83. The highest BCUT2D eigenvalue weighted by atomic mass is 19.1. The molecule has 26 heavy (non-hydrogen) atoms. The summed E-state index contributed by atoms with van der Waals surface area (Å²) < 4.78 is 19.3. The number of para-hydroxylation sites is 1. The number of amides is 1. The number of carbonyl (C=O) groups is 1. The maximum absolute atomic E-state index is 13.8. The van der Waals surface area contributed by atoms with Crippen molar-refractivity contribution in [3.63, 3.8) is 0 Å². The van der Waals surface area contributed by atoms with Crippen molar-refractivity contribution in [1.82, 2.24) is 5.32 Å². The van der Waals surface area contributed by atoms with Crippen LogP contribution in [-0.2, 0) is 0 Å². The summed E-state index contributed by atoms with van der Waals surface area (Å²) in [4.78, 5) is 14.3. The molecule has 0 saturated heterocycles. The lowest BCUT2D eigenvalue weighted by Crippen LogP contribution is -2.27. The number of benzene rings is 2. The molecule has 1 aromatic heterocycles. The van der Waals surface area contributed by atoms with Crippen molar-refractivity contribution in [1.29, 1.82) is 0 Å². The van der Waals surface area contributed by atoms with Crippen LogP contribution in [0.25, 0.3) is 11.3 Å². The molecule has 0 unspecified atom stereocenters. The maximum atomic E-state index is 13.8. The van der Waals surface area contributed by atoms with Gasteiger partial charge in [0.05, 0.1) is 5.56 Å². The molecule has 0 aliphatic rings. The highest BCUT2D eigenvalue weighted by molar-refractivity contribution is 5.92. The van der Waals surface area contributed by atoms with Crippen LogP contribution < -0.4 is 10.2 Å². The molecule has 0 spiro atoms. The molecule has 0 aliphatic carbocycles. The number of anilines is 1. The summed E-state index contributed by atoms with van der Waals surface area (Å²) in [5.74, 6) is -0.149. The third kappa shape index (κ3) is 4.30. The van der Waals surface area contributed by atoms with Crippen molar-refractivity contribution >= 4 is 11.6 Å². The fraction of sp³-hybridized carbons (Fsp3) is 0.190. The second kappa shape index (κ2) is 8.34. The van der Waals surface area contributed by atoms with E-state index in [1.807, 2.05) is 37.4 Å². The minimum absolute atomic E-state index is 0.180. The van der Waals surface area contributed by atoms with Crippen molar-refractivity contribution in [2.24, 2.45) is 0 Å². The molecule has 0 atom stereocenters. The summed E-state index contributed by atoms with van der Waals surface area (Å²) in [6, 6.07) is 19.6. The predicted molar refractivity (Wildman–Crippen MR) is 101 cm³/mol. The van der Waals surface area contributed by atoms with Crippen molar-refractivity contribution in [2.75, 3.05) is 25.0 Å². The van der Waals surface area contributed by atoms with Crippen molar-refractivity contribution in [3.8, 4) is 11.3 Å². The molecule has 1 heterocycles. The molecule has 2 aromatic carbocycles. The Labute approximate surface area is 152 Å². The fourth-order valence-electron chi connectivity index (χ4n) is 2.68. The Morgan fingerprint density at radius 1 is 1.04 bits per heavy atom. The van der Waals surface area contributed by atoms with E-state index in [1.54, 1.807) is 30.3 Å². The second-order valence-corrected chi connectivity index (χ2v) is 6.01. The number of hydrogen-bond donors (Lipinski definition) is 1. The monoisotopic (exact) mass is 352 g/mol. The van der Waals surface area contributed by atoms with E-state index >= 15 is 0 Å². The van der Waals surface area contributed by atoms with E-state index in [9.17, 15) is 9.18 Å². The standard InChI is InChI=1S/C21H21FN2O2/c1-24(16-8-3-2-4-9-16)15-7-14-23-21(25)20-13-12-19(26-20)17-10-5-6-11-18(17)22/h2-6,8-13H,7,14-15H2,1H3,(H,23,25). The van der Waals surface area contributed by atoms with Crippen LogP contribution in [-0.4, -0.2) is 26.0 Å². The Morgan fingerprint density at radius 2 is 1.77 bits per heavy atom. The number of rotatable bonds is 7. The van der Waals surface area contributed by atoms with Crippen LogP contribution in [0.2, 0.25) is 0 Å². The van der Waals surface area contributed by atoms with Gasteiger partial charge >= 0.3 is 0 Å². The van der Waals surface area contributed by atoms with Crippen LogP contribution in [0, 0.1) is 5.82 Å². The molecule has 134 valence electrons. The Bertz CT molecular complexity index is 861. The normalized spacial score (nSPS) is 10.5. The number of hydrogen-bond acceptors (Lipinski definition) is 3. The van der Waals surface area contributed by atoms with Gasteiger partial charge in [-0.1, -0.05) is 30.3 Å². The molecule has 0 saturated carbocycles. The van der Waals surface area contributed by atoms with E-state index in [1.165, 1.54) is 6.07 Å². The Balaban J connectivity index is 1.49. The quantitative estimate of drug-likeness (QED) is 0.643. The first-order valence-electron chi connectivity index (χ1n) is 8.54. The van der Waals surface area contributed by atoms with Crippen LogP contribution >= 0.6 is 0 Å². The summed E-state index contributed by atoms with van der Waals surface area (Å²) in [6.45, 7) is 1.36. The third-order valence-corrected chi connectivity index (χ3v) is 4.12. The van der Waals surface area contributed by atoms with Gasteiger partial charge in [-0.25, -0.2) is 4.39 Å². The van der Waals surface area contributed by atoms with E-state index in [-0.39, 0.29) is 17.5 Å². The lowest BCUT2D eigenvalue weighted by Gasteiger charge is -2.19. The van der Waals surface area contributed by atoms with Crippen molar-refractivity contribution in [2.45, 2.75) is 6.42 Å². The molecule has 0 radical (unpaired) electrons. The molecule has 0 aliphatic heterocycles. The van der Waals surface area contributed by atoms with Crippen LogP contribution in [0.3, 0.4) is 0 Å². The van der Waals surface area contributed by atoms with E-state index in [4.69, 9.17) is 4.42 Å². The molecule has 3 aromatic rings. The first-order valence-corrected chi connectivity index (χ1v) is 8.54. The van der Waals surface area contributed by atoms with Crippen LogP contribution in [0.1, 0.15) is 17.0 Å². The molecular formula is C21H21FN2O2. The molecule has 5 heteroatoms. The van der Waals surface area contributed by atoms with Gasteiger partial charge in [0.25, 0.3) is 5.91 Å². The van der Waals surface area contributed by atoms with Crippen LogP contribution in [0.15, 0.2) is 71.1 Å². The van der Waals surface area contributed by atoms with Gasteiger partial charge in [0, 0.05) is 25.8 Å². The Morgan fingerprint density at radius 3 is 2.54 bits per heavy atom. The molecule has 0 fully saturated rings. The van der Waals surface area contributed by atoms with Crippen molar-refractivity contribution in [3.05, 3.63) is 78.3 Å². The molecule has 1 N–H and O–H groups in total. The highest BCUT2D eigenvalue weighted by Gasteiger charge is 2.14. The van der Waals surface area contributed by atoms with Gasteiger partial charge in [-0.15, -0.1) is 0 Å². The number of nitrogens with zero attached hydrogens (tertiary/aromatic N) is 1. The zero-order valence-corrected chi connectivity index (χ0v) is 14.6. The molecule has 0 bridgehead atoms. The maximum Gasteiger partial charge on any atom is 0.287 e. The molecule has 4 nitrogen and oxygen atoms in total. The number of furan rings is 1. The number of nitrogens with one attached hydrogen (secondary N) is 1. The summed E-state index contributed by atoms with van der Waals surface area (Å²) in [7, 11) is 2.02. The van der Waals surface area contributed by atoms with Crippen LogP contribution in [0.5, 0.6) is 0 Å². The number of halogens is 1. The van der Waals surface area contributed by atoms with Crippen molar-refractivity contribution < 1.29 is 13.6 Å². The smallest absolute Gasteiger partial charge is 0.287 e. The van der Waals surface area contributed by atoms with Gasteiger partial charge in [0.15, 0.2) is 5.76 Å². The van der Waals surface area contributed by atoms with Crippen LogP contribution in [0.4, 0.5) is 10.1 Å². The van der Waals surface area contributed by atoms with Gasteiger partial charge in [-0.2, -0.15) is 0 Å². The molecule has 1 amide bonds. The number of carbonyl (C=O) groups excluding carboxylic acids is 1. The minimum Gasteiger partial charge on any atom is -0.451 e. The predicted octanol–water partition coefficient (Wildman–Crippen LogP) is 4.34. The lowest BCUT2D eigenvalue weighted by atomic mass is 10.1. The lowest BCUT2D eigenvalue weighted by molar-refractivity contribution is 0.0926. The summed E-state index contributed by atoms with van der Waals surface area (Å²) in [5.41, 5.74) is 1.48. The average molecular weight is 352 g/mol. The Hall–Kier alpha value is -3.08. The first kappa shape index (κ1) is 17.7. The second-order valence-electron chi connectivity index (χ2n) is 6.01. The SMILES string of the molecule is CN(CCCNC(=O)c1ccc(-c2ccccc2F)o1)c1ccccc1.